The van der Waals surface area contributed by atoms with Crippen molar-refractivity contribution in [3.8, 4) is 0 Å². The Hall–Kier alpha value is -2.31. The van der Waals surface area contributed by atoms with Crippen molar-refractivity contribution in [3.05, 3.63) is 60.8 Å². The number of carbonyl (C=O) groups excluding carboxylic acids is 1. The lowest BCUT2D eigenvalue weighted by Crippen LogP contribution is -2.65. The normalized spacial score (nSPS) is 24.8. The standard InChI is InChI=1S/C65H117NO13/c1-3-5-7-9-11-13-15-17-19-21-23-25-27-29-31-33-35-37-39-41-43-45-47-49-57(70)66-53(52-76-64-62(75)60(73)63(56(51-68)78-64)79-65-61(74)59(72)58(71)55(50-67)77-65)54(69)48-46-44-42-40-38-36-34-32-30-28-26-24-22-20-18-16-14-12-10-8-6-4-2/h5,7,11,13,17,19,23,25,29,31,53-56,58-65,67-69,71-75H,3-4,6,8-10,12,14-16,18,20-22,24,26-28,30,32-52H2,1-2H3,(H,66,70)/b7-5-,13-11-,19-17-,25-23-,31-29-. The van der Waals surface area contributed by atoms with Gasteiger partial charge in [0.1, 0.15) is 48.8 Å². The molecule has 2 fully saturated rings. The van der Waals surface area contributed by atoms with Gasteiger partial charge in [0.05, 0.1) is 32.0 Å². The molecule has 2 aliphatic rings. The molecule has 14 heteroatoms. The lowest BCUT2D eigenvalue weighted by Gasteiger charge is -2.46. The van der Waals surface area contributed by atoms with Gasteiger partial charge in [-0.3, -0.25) is 4.79 Å². The molecule has 0 radical (unpaired) electrons. The second kappa shape index (κ2) is 50.2. The third-order valence-corrected chi connectivity index (χ3v) is 15.5. The van der Waals surface area contributed by atoms with Crippen LogP contribution >= 0.6 is 0 Å². The van der Waals surface area contributed by atoms with Gasteiger partial charge in [0.2, 0.25) is 5.91 Å². The van der Waals surface area contributed by atoms with E-state index in [-0.39, 0.29) is 18.9 Å². The van der Waals surface area contributed by atoms with Crippen LogP contribution in [0.1, 0.15) is 251 Å². The first kappa shape index (κ1) is 72.8. The average molecular weight is 1120 g/mol. The number of ether oxygens (including phenoxy) is 4. The fourth-order valence-electron chi connectivity index (χ4n) is 10.4. The zero-order valence-electron chi connectivity index (χ0n) is 49.6. The minimum absolute atomic E-state index is 0.217. The molecular weight excluding hydrogens is 1000 g/mol. The number of carbonyl (C=O) groups is 1. The molecule has 2 heterocycles. The molecule has 0 aromatic rings. The molecule has 2 saturated heterocycles. The number of hydrogen-bond acceptors (Lipinski definition) is 13. The summed E-state index contributed by atoms with van der Waals surface area (Å²) in [5, 5.41) is 87.4. The SMILES string of the molecule is CC/C=C\C/C=C\C/C=C\C/C=C\C/C=C\CCCCCCCCCC(=O)NC(COC1OC(CO)C(OC2OC(CO)C(O)C(O)C2O)C(O)C1O)C(O)CCCCCCCCCCCCCCCCCCCCCCCC. The van der Waals surface area contributed by atoms with Gasteiger partial charge in [-0.05, 0) is 57.8 Å². The Bertz CT molecular complexity index is 1560. The molecule has 460 valence electrons. The van der Waals surface area contributed by atoms with Gasteiger partial charge in [-0.1, -0.05) is 248 Å². The van der Waals surface area contributed by atoms with E-state index < -0.39 is 86.8 Å². The van der Waals surface area contributed by atoms with E-state index in [0.717, 1.165) is 96.3 Å². The lowest BCUT2D eigenvalue weighted by molar-refractivity contribution is -0.359. The van der Waals surface area contributed by atoms with Crippen molar-refractivity contribution in [2.75, 3.05) is 19.8 Å². The molecule has 0 aromatic heterocycles. The zero-order chi connectivity index (χ0) is 57.4. The number of allylic oxidation sites excluding steroid dienone is 10. The predicted octanol–water partition coefficient (Wildman–Crippen LogP) is 11.7. The van der Waals surface area contributed by atoms with E-state index in [2.05, 4.69) is 79.9 Å². The van der Waals surface area contributed by atoms with Crippen molar-refractivity contribution in [2.45, 2.75) is 325 Å². The summed E-state index contributed by atoms with van der Waals surface area (Å²) in [6.45, 7) is 2.76. The van der Waals surface area contributed by atoms with E-state index in [0.29, 0.717) is 12.8 Å². The van der Waals surface area contributed by atoms with Gasteiger partial charge in [0.25, 0.3) is 0 Å². The molecule has 0 spiro atoms. The molecule has 12 unspecified atom stereocenters. The fraction of sp³-hybridized carbons (Fsp3) is 0.831. The van der Waals surface area contributed by atoms with Crippen LogP contribution in [-0.2, 0) is 23.7 Å². The molecule has 0 bridgehead atoms. The van der Waals surface area contributed by atoms with Crippen molar-refractivity contribution in [3.63, 3.8) is 0 Å². The lowest BCUT2D eigenvalue weighted by atomic mass is 9.97. The molecule has 0 aromatic carbocycles. The molecule has 2 aliphatic heterocycles. The molecule has 9 N–H and O–H groups in total. The van der Waals surface area contributed by atoms with Crippen LogP contribution in [0.4, 0.5) is 0 Å². The summed E-state index contributed by atoms with van der Waals surface area (Å²) in [6.07, 6.45) is 47.8. The van der Waals surface area contributed by atoms with Gasteiger partial charge >= 0.3 is 0 Å². The van der Waals surface area contributed by atoms with Crippen LogP contribution in [0, 0.1) is 0 Å². The van der Waals surface area contributed by atoms with Gasteiger partial charge in [-0.15, -0.1) is 0 Å². The first-order chi connectivity index (χ1) is 38.6. The van der Waals surface area contributed by atoms with Crippen molar-refractivity contribution >= 4 is 5.91 Å². The average Bonchev–Trinajstić information content (AvgIpc) is 3.47. The highest BCUT2D eigenvalue weighted by Crippen LogP contribution is 2.30. The van der Waals surface area contributed by atoms with Crippen LogP contribution in [0.25, 0.3) is 0 Å². The minimum Gasteiger partial charge on any atom is -0.394 e. The number of aliphatic hydroxyl groups is 8. The Kier molecular flexibility index (Phi) is 46.3. The van der Waals surface area contributed by atoms with Gasteiger partial charge in [-0.2, -0.15) is 0 Å². The summed E-state index contributed by atoms with van der Waals surface area (Å²) in [6, 6.07) is -0.839. The van der Waals surface area contributed by atoms with Crippen LogP contribution in [0.2, 0.25) is 0 Å². The van der Waals surface area contributed by atoms with E-state index in [1.54, 1.807) is 0 Å². The van der Waals surface area contributed by atoms with E-state index in [1.165, 1.54) is 122 Å². The van der Waals surface area contributed by atoms with Crippen LogP contribution in [0.5, 0.6) is 0 Å². The molecule has 2 rings (SSSR count). The highest BCUT2D eigenvalue weighted by atomic mass is 16.7. The summed E-state index contributed by atoms with van der Waals surface area (Å²) in [5.74, 6) is -0.217. The third-order valence-electron chi connectivity index (χ3n) is 15.5. The van der Waals surface area contributed by atoms with Crippen LogP contribution in [-0.4, -0.2) is 140 Å². The van der Waals surface area contributed by atoms with E-state index in [4.69, 9.17) is 18.9 Å². The molecule has 14 nitrogen and oxygen atoms in total. The fourth-order valence-corrected chi connectivity index (χ4v) is 10.4. The topological polar surface area (TPSA) is 228 Å². The van der Waals surface area contributed by atoms with Crippen molar-refractivity contribution < 1.29 is 64.6 Å². The Balaban J connectivity index is 1.73. The first-order valence-corrected chi connectivity index (χ1v) is 32.0. The van der Waals surface area contributed by atoms with E-state index in [1.807, 2.05) is 0 Å². The Morgan fingerprint density at radius 3 is 1.34 bits per heavy atom. The highest BCUT2D eigenvalue weighted by Gasteiger charge is 2.51. The first-order valence-electron chi connectivity index (χ1n) is 32.0. The van der Waals surface area contributed by atoms with Crippen LogP contribution in [0.15, 0.2) is 60.8 Å². The van der Waals surface area contributed by atoms with Gasteiger partial charge in [0.15, 0.2) is 12.6 Å². The summed E-state index contributed by atoms with van der Waals surface area (Å²) >= 11 is 0. The summed E-state index contributed by atoms with van der Waals surface area (Å²) in [7, 11) is 0. The highest BCUT2D eigenvalue weighted by molar-refractivity contribution is 5.76. The Morgan fingerprint density at radius 2 is 0.873 bits per heavy atom. The molecule has 1 amide bonds. The van der Waals surface area contributed by atoms with Crippen LogP contribution in [0.3, 0.4) is 0 Å². The summed E-state index contributed by atoms with van der Waals surface area (Å²) < 4.78 is 22.9. The molecule has 12 atom stereocenters. The quantitative estimate of drug-likeness (QED) is 0.0204. The number of rotatable bonds is 51. The van der Waals surface area contributed by atoms with Gasteiger partial charge in [-0.25, -0.2) is 0 Å². The molecular formula is C65H117NO13. The second-order valence-corrected chi connectivity index (χ2v) is 22.5. The molecule has 0 saturated carbocycles. The maximum atomic E-state index is 13.3. The van der Waals surface area contributed by atoms with E-state index >= 15 is 0 Å². The smallest absolute Gasteiger partial charge is 0.220 e. The summed E-state index contributed by atoms with van der Waals surface area (Å²) in [4.78, 5) is 13.3. The predicted molar refractivity (Wildman–Crippen MR) is 318 cm³/mol. The number of amides is 1. The third kappa shape index (κ3) is 35.4. The monoisotopic (exact) mass is 1120 g/mol. The maximum absolute atomic E-state index is 13.3. The number of hydrogen-bond donors (Lipinski definition) is 9. The Labute approximate surface area is 479 Å². The van der Waals surface area contributed by atoms with Gasteiger partial charge < -0.3 is 65.1 Å². The van der Waals surface area contributed by atoms with Crippen LogP contribution < -0.4 is 5.32 Å². The van der Waals surface area contributed by atoms with E-state index in [9.17, 15) is 45.6 Å². The summed E-state index contributed by atoms with van der Waals surface area (Å²) in [5.41, 5.74) is 0. The zero-order valence-corrected chi connectivity index (χ0v) is 49.6. The number of nitrogens with one attached hydrogen (secondary N) is 1. The molecule has 0 aliphatic carbocycles. The second-order valence-electron chi connectivity index (χ2n) is 22.5. The number of aliphatic hydroxyl groups excluding tert-OH is 8. The number of unbranched alkanes of at least 4 members (excludes halogenated alkanes) is 28. The Morgan fingerprint density at radius 1 is 0.468 bits per heavy atom. The largest absolute Gasteiger partial charge is 0.394 e. The maximum Gasteiger partial charge on any atom is 0.220 e. The van der Waals surface area contributed by atoms with Crippen molar-refractivity contribution in [1.82, 2.24) is 5.32 Å². The van der Waals surface area contributed by atoms with Gasteiger partial charge in [0, 0.05) is 6.42 Å². The van der Waals surface area contributed by atoms with Crippen molar-refractivity contribution in [1.29, 1.82) is 0 Å². The van der Waals surface area contributed by atoms with Crippen molar-refractivity contribution in [2.24, 2.45) is 0 Å². The minimum atomic E-state index is -1.79. The molecule has 79 heavy (non-hydrogen) atoms.